The number of para-hydroxylation sites is 1. The molecule has 2 heteroatoms. The zero-order valence-corrected chi connectivity index (χ0v) is 10.6. The highest BCUT2D eigenvalue weighted by Gasteiger charge is 2.12. The van der Waals surface area contributed by atoms with Crippen LogP contribution < -0.4 is 10.6 Å². The van der Waals surface area contributed by atoms with E-state index in [1.807, 2.05) is 6.08 Å². The quantitative estimate of drug-likeness (QED) is 0.760. The molecule has 1 aromatic carbocycles. The molecule has 2 N–H and O–H groups in total. The largest absolute Gasteiger partial charge is 0.385 e. The molecule has 0 saturated heterocycles. The first-order chi connectivity index (χ1) is 8.31. The minimum absolute atomic E-state index is 0.493. The summed E-state index contributed by atoms with van der Waals surface area (Å²) >= 11 is 0. The second-order valence-corrected chi connectivity index (χ2v) is 4.79. The van der Waals surface area contributed by atoms with Gasteiger partial charge in [0.2, 0.25) is 0 Å². The first kappa shape index (κ1) is 12.2. The van der Waals surface area contributed by atoms with Crippen molar-refractivity contribution in [3.05, 3.63) is 42.0 Å². The van der Waals surface area contributed by atoms with E-state index in [9.17, 15) is 0 Å². The van der Waals surface area contributed by atoms with Crippen LogP contribution in [0.1, 0.15) is 30.9 Å². The highest BCUT2D eigenvalue weighted by atomic mass is 14.9. The highest BCUT2D eigenvalue weighted by Crippen LogP contribution is 2.25. The Kier molecular flexibility index (Phi) is 4.21. The van der Waals surface area contributed by atoms with Crippen molar-refractivity contribution in [1.29, 1.82) is 0 Å². The molecule has 0 radical (unpaired) electrons. The lowest BCUT2D eigenvalue weighted by Gasteiger charge is -2.22. The van der Waals surface area contributed by atoms with Crippen LogP contribution in [0.15, 0.2) is 30.9 Å². The van der Waals surface area contributed by atoms with Crippen LogP contribution in [0, 0.1) is 0 Å². The first-order valence-electron chi connectivity index (χ1n) is 6.50. The van der Waals surface area contributed by atoms with Crippen molar-refractivity contribution < 1.29 is 0 Å². The molecule has 17 heavy (non-hydrogen) atoms. The van der Waals surface area contributed by atoms with Crippen LogP contribution in [0.5, 0.6) is 0 Å². The van der Waals surface area contributed by atoms with E-state index in [-0.39, 0.29) is 0 Å². The Morgan fingerprint density at radius 3 is 3.24 bits per heavy atom. The highest BCUT2D eigenvalue weighted by molar-refractivity contribution is 5.59. The van der Waals surface area contributed by atoms with Gasteiger partial charge in [-0.2, -0.15) is 0 Å². The zero-order chi connectivity index (χ0) is 12.1. The van der Waals surface area contributed by atoms with Crippen LogP contribution in [0.4, 0.5) is 5.69 Å². The molecule has 2 rings (SSSR count). The molecule has 0 aliphatic carbocycles. The summed E-state index contributed by atoms with van der Waals surface area (Å²) in [4.78, 5) is 0. The Bertz CT molecular complexity index is 385. The summed E-state index contributed by atoms with van der Waals surface area (Å²) in [7, 11) is 0. The number of anilines is 1. The lowest BCUT2D eigenvalue weighted by Crippen LogP contribution is -2.26. The van der Waals surface area contributed by atoms with E-state index in [4.69, 9.17) is 0 Å². The third kappa shape index (κ3) is 3.10. The topological polar surface area (TPSA) is 24.1 Å². The molecule has 0 amide bonds. The van der Waals surface area contributed by atoms with Crippen molar-refractivity contribution in [2.75, 3.05) is 11.9 Å². The van der Waals surface area contributed by atoms with Crippen molar-refractivity contribution in [3.8, 4) is 0 Å². The smallest absolute Gasteiger partial charge is 0.0418 e. The lowest BCUT2D eigenvalue weighted by molar-refractivity contribution is 0.553. The van der Waals surface area contributed by atoms with Gasteiger partial charge in [0.1, 0.15) is 0 Å². The lowest BCUT2D eigenvalue weighted by atomic mass is 9.99. The predicted octanol–water partition coefficient (Wildman–Crippen LogP) is 3.10. The van der Waals surface area contributed by atoms with Gasteiger partial charge in [0.15, 0.2) is 0 Å². The number of rotatable bonds is 5. The Morgan fingerprint density at radius 1 is 1.53 bits per heavy atom. The fourth-order valence-electron chi connectivity index (χ4n) is 2.35. The molecule has 0 fully saturated rings. The maximum absolute atomic E-state index is 3.77. The third-order valence-electron chi connectivity index (χ3n) is 3.32. The normalized spacial score (nSPS) is 15.8. The second-order valence-electron chi connectivity index (χ2n) is 4.79. The van der Waals surface area contributed by atoms with E-state index in [0.29, 0.717) is 6.04 Å². The standard InChI is InChI=1S/C15H22N2/c1-3-6-12(2)17-11-14-8-4-7-13-9-5-10-16-15(13)14/h3-4,7-8,12,16-17H,1,5-6,9-11H2,2H3. The molecule has 2 nitrogen and oxygen atoms in total. The van der Waals surface area contributed by atoms with Crippen molar-refractivity contribution in [1.82, 2.24) is 5.32 Å². The molecule has 1 aliphatic heterocycles. The van der Waals surface area contributed by atoms with Gasteiger partial charge < -0.3 is 10.6 Å². The molecule has 1 unspecified atom stereocenters. The number of aryl methyl sites for hydroxylation is 1. The van der Waals surface area contributed by atoms with Crippen LogP contribution in [0.25, 0.3) is 0 Å². The van der Waals surface area contributed by atoms with Gasteiger partial charge in [0.25, 0.3) is 0 Å². The van der Waals surface area contributed by atoms with Gasteiger partial charge in [-0.05, 0) is 37.3 Å². The Labute approximate surface area is 104 Å². The zero-order valence-electron chi connectivity index (χ0n) is 10.6. The van der Waals surface area contributed by atoms with Gasteiger partial charge >= 0.3 is 0 Å². The second kappa shape index (κ2) is 5.87. The van der Waals surface area contributed by atoms with Crippen molar-refractivity contribution in [3.63, 3.8) is 0 Å². The van der Waals surface area contributed by atoms with E-state index in [1.165, 1.54) is 29.7 Å². The molecule has 92 valence electrons. The molecular weight excluding hydrogens is 208 g/mol. The summed E-state index contributed by atoms with van der Waals surface area (Å²) in [5.74, 6) is 0. The minimum Gasteiger partial charge on any atom is -0.385 e. The Balaban J connectivity index is 2.03. The number of benzene rings is 1. The van der Waals surface area contributed by atoms with E-state index in [2.05, 4.69) is 42.3 Å². The molecule has 0 aromatic heterocycles. The molecule has 1 aromatic rings. The van der Waals surface area contributed by atoms with Crippen molar-refractivity contribution >= 4 is 5.69 Å². The third-order valence-corrected chi connectivity index (χ3v) is 3.32. The molecule has 0 spiro atoms. The van der Waals surface area contributed by atoms with Crippen LogP contribution >= 0.6 is 0 Å². The molecule has 1 heterocycles. The molecule has 0 saturated carbocycles. The molecular formula is C15H22N2. The first-order valence-corrected chi connectivity index (χ1v) is 6.50. The van der Waals surface area contributed by atoms with Crippen molar-refractivity contribution in [2.24, 2.45) is 0 Å². The summed E-state index contributed by atoms with van der Waals surface area (Å²) in [6.07, 6.45) is 5.44. The van der Waals surface area contributed by atoms with E-state index < -0.39 is 0 Å². The number of nitrogens with one attached hydrogen (secondary N) is 2. The van der Waals surface area contributed by atoms with Gasteiger partial charge in [0.05, 0.1) is 0 Å². The van der Waals surface area contributed by atoms with Crippen LogP contribution in [-0.2, 0) is 13.0 Å². The average Bonchev–Trinajstić information content (AvgIpc) is 2.36. The van der Waals surface area contributed by atoms with Gasteiger partial charge in [-0.15, -0.1) is 6.58 Å². The summed E-state index contributed by atoms with van der Waals surface area (Å²) in [5.41, 5.74) is 4.21. The number of hydrogen-bond donors (Lipinski definition) is 2. The van der Waals surface area contributed by atoms with Crippen LogP contribution in [0.2, 0.25) is 0 Å². The van der Waals surface area contributed by atoms with E-state index in [0.717, 1.165) is 19.5 Å². The average molecular weight is 230 g/mol. The van der Waals surface area contributed by atoms with Gasteiger partial charge in [-0.25, -0.2) is 0 Å². The van der Waals surface area contributed by atoms with E-state index >= 15 is 0 Å². The molecule has 1 aliphatic rings. The van der Waals surface area contributed by atoms with Gasteiger partial charge in [0, 0.05) is 24.8 Å². The number of fused-ring (bicyclic) bond motifs is 1. The Hall–Kier alpha value is -1.28. The SMILES string of the molecule is C=CCC(C)NCc1cccc2c1NCCC2. The van der Waals surface area contributed by atoms with Crippen LogP contribution in [0.3, 0.4) is 0 Å². The summed E-state index contributed by atoms with van der Waals surface area (Å²) in [5, 5.41) is 7.07. The molecule has 0 bridgehead atoms. The number of hydrogen-bond acceptors (Lipinski definition) is 2. The minimum atomic E-state index is 0.493. The maximum atomic E-state index is 3.77. The monoisotopic (exact) mass is 230 g/mol. The van der Waals surface area contributed by atoms with Gasteiger partial charge in [-0.3, -0.25) is 0 Å². The summed E-state index contributed by atoms with van der Waals surface area (Å²) in [6, 6.07) is 7.11. The van der Waals surface area contributed by atoms with E-state index in [1.54, 1.807) is 0 Å². The maximum Gasteiger partial charge on any atom is 0.0418 e. The van der Waals surface area contributed by atoms with Crippen LogP contribution in [-0.4, -0.2) is 12.6 Å². The van der Waals surface area contributed by atoms with Crippen molar-refractivity contribution in [2.45, 2.75) is 38.8 Å². The Morgan fingerprint density at radius 2 is 2.41 bits per heavy atom. The summed E-state index contributed by atoms with van der Waals surface area (Å²) < 4.78 is 0. The fraction of sp³-hybridized carbons (Fsp3) is 0.467. The molecule has 1 atom stereocenters. The summed E-state index contributed by atoms with van der Waals surface area (Å²) in [6.45, 7) is 8.01. The fourth-order valence-corrected chi connectivity index (χ4v) is 2.35. The van der Waals surface area contributed by atoms with Gasteiger partial charge in [-0.1, -0.05) is 24.3 Å². The predicted molar refractivity (Wildman–Crippen MR) is 74.4 cm³/mol.